The molecular weight excluding hydrogens is 302 g/mol. The van der Waals surface area contributed by atoms with Crippen LogP contribution in [0.4, 0.5) is 8.78 Å². The van der Waals surface area contributed by atoms with Gasteiger partial charge in [-0.2, -0.15) is 8.78 Å². The molecule has 2 rings (SSSR count). The van der Waals surface area contributed by atoms with E-state index in [1.165, 1.54) is 12.1 Å². The molecule has 1 atom stereocenters. The highest BCUT2D eigenvalue weighted by molar-refractivity contribution is 5.82. The molecule has 0 fully saturated rings. The zero-order valence-corrected chi connectivity index (χ0v) is 12.6. The van der Waals surface area contributed by atoms with Gasteiger partial charge in [-0.3, -0.25) is 4.79 Å². The van der Waals surface area contributed by atoms with Crippen molar-refractivity contribution in [2.45, 2.75) is 18.5 Å². The number of primary amides is 1. The molecule has 0 saturated carbocycles. The molecule has 0 spiro atoms. The van der Waals surface area contributed by atoms with Crippen LogP contribution in [0.15, 0.2) is 54.6 Å². The molecule has 4 nitrogen and oxygen atoms in total. The summed E-state index contributed by atoms with van der Waals surface area (Å²) in [5.74, 6) is -4.68. The summed E-state index contributed by atoms with van der Waals surface area (Å²) in [6.45, 7) is 0.159. The molecular formula is C17H18F2N2O2. The molecule has 3 N–H and O–H groups in total. The first-order valence-electron chi connectivity index (χ1n) is 7.04. The number of hydrogen-bond acceptors (Lipinski definition) is 3. The van der Waals surface area contributed by atoms with Crippen molar-refractivity contribution in [2.75, 3.05) is 7.11 Å². The van der Waals surface area contributed by atoms with Crippen LogP contribution in [0.25, 0.3) is 0 Å². The highest BCUT2D eigenvalue weighted by Gasteiger charge is 2.46. The van der Waals surface area contributed by atoms with Crippen molar-refractivity contribution in [1.29, 1.82) is 0 Å². The SMILES string of the molecule is COc1ccc(CNC(c2ccccc2)C(F)(F)C(N)=O)cc1. The van der Waals surface area contributed by atoms with E-state index >= 15 is 0 Å². The van der Waals surface area contributed by atoms with E-state index in [4.69, 9.17) is 10.5 Å². The van der Waals surface area contributed by atoms with Gasteiger partial charge in [0.2, 0.25) is 0 Å². The van der Waals surface area contributed by atoms with E-state index < -0.39 is 17.9 Å². The summed E-state index contributed by atoms with van der Waals surface area (Å²) in [4.78, 5) is 11.1. The summed E-state index contributed by atoms with van der Waals surface area (Å²) in [7, 11) is 1.55. The highest BCUT2D eigenvalue weighted by Crippen LogP contribution is 2.31. The summed E-state index contributed by atoms with van der Waals surface area (Å²) in [5, 5.41) is 2.72. The number of nitrogens with two attached hydrogens (primary N) is 1. The molecule has 2 aromatic rings. The summed E-state index contributed by atoms with van der Waals surface area (Å²) in [6, 6.07) is 13.5. The van der Waals surface area contributed by atoms with Crippen molar-refractivity contribution in [2.24, 2.45) is 5.73 Å². The van der Waals surface area contributed by atoms with Crippen LogP contribution in [0, 0.1) is 0 Å². The Morgan fingerprint density at radius 2 is 1.78 bits per heavy atom. The number of hydrogen-bond donors (Lipinski definition) is 2. The fraction of sp³-hybridized carbons (Fsp3) is 0.235. The van der Waals surface area contributed by atoms with Crippen molar-refractivity contribution in [3.8, 4) is 5.75 Å². The maximum atomic E-state index is 14.2. The first-order chi connectivity index (χ1) is 10.9. The van der Waals surface area contributed by atoms with Crippen LogP contribution in [-0.4, -0.2) is 18.9 Å². The van der Waals surface area contributed by atoms with Gasteiger partial charge in [-0.25, -0.2) is 0 Å². The molecule has 0 aliphatic heterocycles. The Bertz CT molecular complexity index is 645. The largest absolute Gasteiger partial charge is 0.497 e. The second kappa shape index (κ2) is 7.19. The monoisotopic (exact) mass is 320 g/mol. The quantitative estimate of drug-likeness (QED) is 0.824. The number of rotatable bonds is 7. The van der Waals surface area contributed by atoms with E-state index in [1.54, 1.807) is 49.6 Å². The minimum Gasteiger partial charge on any atom is -0.497 e. The molecule has 0 saturated heterocycles. The second-order valence-corrected chi connectivity index (χ2v) is 5.06. The van der Waals surface area contributed by atoms with E-state index in [0.29, 0.717) is 11.3 Å². The van der Waals surface area contributed by atoms with Crippen LogP contribution < -0.4 is 15.8 Å². The van der Waals surface area contributed by atoms with Crippen LogP contribution in [0.2, 0.25) is 0 Å². The Morgan fingerprint density at radius 3 is 2.30 bits per heavy atom. The normalized spacial score (nSPS) is 12.7. The molecule has 122 valence electrons. The van der Waals surface area contributed by atoms with E-state index in [9.17, 15) is 13.6 Å². The molecule has 0 aromatic heterocycles. The van der Waals surface area contributed by atoms with Gasteiger partial charge in [-0.05, 0) is 23.3 Å². The lowest BCUT2D eigenvalue weighted by atomic mass is 9.99. The van der Waals surface area contributed by atoms with Gasteiger partial charge in [-0.15, -0.1) is 0 Å². The lowest BCUT2D eigenvalue weighted by molar-refractivity contribution is -0.146. The van der Waals surface area contributed by atoms with Gasteiger partial charge in [0.25, 0.3) is 5.91 Å². The number of methoxy groups -OCH3 is 1. The predicted octanol–water partition coefficient (Wildman–Crippen LogP) is 2.65. The maximum absolute atomic E-state index is 14.2. The zero-order chi connectivity index (χ0) is 16.9. The van der Waals surface area contributed by atoms with Crippen molar-refractivity contribution in [3.63, 3.8) is 0 Å². The van der Waals surface area contributed by atoms with Gasteiger partial charge in [0.1, 0.15) is 11.8 Å². The van der Waals surface area contributed by atoms with E-state index in [-0.39, 0.29) is 6.54 Å². The van der Waals surface area contributed by atoms with E-state index in [0.717, 1.165) is 5.56 Å². The molecule has 1 unspecified atom stereocenters. The topological polar surface area (TPSA) is 64.3 Å². The third-order valence-electron chi connectivity index (χ3n) is 3.49. The van der Waals surface area contributed by atoms with Gasteiger partial charge < -0.3 is 15.8 Å². The van der Waals surface area contributed by atoms with E-state index in [1.807, 2.05) is 0 Å². The second-order valence-electron chi connectivity index (χ2n) is 5.06. The summed E-state index contributed by atoms with van der Waals surface area (Å²) in [5.41, 5.74) is 5.95. The third kappa shape index (κ3) is 4.04. The minimum absolute atomic E-state index is 0.159. The van der Waals surface area contributed by atoms with E-state index in [2.05, 4.69) is 5.32 Å². The van der Waals surface area contributed by atoms with Gasteiger partial charge >= 0.3 is 5.92 Å². The van der Waals surface area contributed by atoms with Gasteiger partial charge in [-0.1, -0.05) is 42.5 Å². The Kier molecular flexibility index (Phi) is 5.28. The fourth-order valence-electron chi connectivity index (χ4n) is 2.21. The third-order valence-corrected chi connectivity index (χ3v) is 3.49. The molecule has 0 heterocycles. The van der Waals surface area contributed by atoms with Crippen LogP contribution in [0.1, 0.15) is 17.2 Å². The Hall–Kier alpha value is -2.47. The zero-order valence-electron chi connectivity index (χ0n) is 12.6. The first-order valence-corrected chi connectivity index (χ1v) is 7.04. The Morgan fingerprint density at radius 1 is 1.17 bits per heavy atom. The number of carbonyl (C=O) groups excluding carboxylic acids is 1. The average molecular weight is 320 g/mol. The van der Waals surface area contributed by atoms with Gasteiger partial charge in [0, 0.05) is 6.54 Å². The van der Waals surface area contributed by atoms with Crippen LogP contribution in [-0.2, 0) is 11.3 Å². The predicted molar refractivity (Wildman–Crippen MR) is 83.2 cm³/mol. The first kappa shape index (κ1) is 16.9. The molecule has 1 amide bonds. The number of nitrogens with one attached hydrogen (secondary N) is 1. The number of carbonyl (C=O) groups is 1. The molecule has 0 bridgehead atoms. The summed E-state index contributed by atoms with van der Waals surface area (Å²) >= 11 is 0. The number of halogens is 2. The Balaban J connectivity index is 2.19. The van der Waals surface area contributed by atoms with Crippen LogP contribution >= 0.6 is 0 Å². The molecule has 23 heavy (non-hydrogen) atoms. The van der Waals surface area contributed by atoms with Crippen molar-refractivity contribution in [3.05, 3.63) is 65.7 Å². The average Bonchev–Trinajstić information content (AvgIpc) is 2.56. The minimum atomic E-state index is -3.70. The number of benzene rings is 2. The fourth-order valence-corrected chi connectivity index (χ4v) is 2.21. The van der Waals surface area contributed by atoms with Crippen molar-refractivity contribution >= 4 is 5.91 Å². The lowest BCUT2D eigenvalue weighted by Gasteiger charge is -2.26. The summed E-state index contributed by atoms with van der Waals surface area (Å²) < 4.78 is 33.4. The molecule has 0 aliphatic rings. The number of alkyl halides is 2. The smallest absolute Gasteiger partial charge is 0.343 e. The number of amides is 1. The maximum Gasteiger partial charge on any atom is 0.343 e. The highest BCUT2D eigenvalue weighted by atomic mass is 19.3. The number of ether oxygens (including phenoxy) is 1. The molecule has 0 radical (unpaired) electrons. The van der Waals surface area contributed by atoms with Crippen LogP contribution in [0.5, 0.6) is 5.75 Å². The Labute approximate surface area is 133 Å². The molecule has 6 heteroatoms. The van der Waals surface area contributed by atoms with Gasteiger partial charge in [0.05, 0.1) is 7.11 Å². The van der Waals surface area contributed by atoms with Crippen molar-refractivity contribution < 1.29 is 18.3 Å². The van der Waals surface area contributed by atoms with Crippen LogP contribution in [0.3, 0.4) is 0 Å². The molecule has 2 aromatic carbocycles. The lowest BCUT2D eigenvalue weighted by Crippen LogP contribution is -2.46. The molecule has 0 aliphatic carbocycles. The van der Waals surface area contributed by atoms with Gasteiger partial charge in [0.15, 0.2) is 0 Å². The van der Waals surface area contributed by atoms with Crippen molar-refractivity contribution in [1.82, 2.24) is 5.32 Å². The standard InChI is InChI=1S/C17H18F2N2O2/c1-23-14-9-7-12(8-10-14)11-21-15(17(18,19)16(20)22)13-5-3-2-4-6-13/h2-10,15,21H,11H2,1H3,(H2,20,22). The summed E-state index contributed by atoms with van der Waals surface area (Å²) in [6.07, 6.45) is 0.